The molecule has 3 nitrogen and oxygen atoms in total. The molecule has 0 N–H and O–H groups in total. The molecule has 1 aliphatic rings. The first-order chi connectivity index (χ1) is 8.29. The summed E-state index contributed by atoms with van der Waals surface area (Å²) >= 11 is 11.7. The normalized spacial score (nSPS) is 20.2. The molecule has 0 radical (unpaired) electrons. The number of nitrogens with zero attached hydrogens (tertiary/aromatic N) is 1. The number of hydrogen-bond acceptors (Lipinski definition) is 3. The molecular formula is C12H15Cl2NO2. The van der Waals surface area contributed by atoms with Crippen molar-refractivity contribution >= 4 is 23.2 Å². The van der Waals surface area contributed by atoms with E-state index in [1.807, 2.05) is 0 Å². The van der Waals surface area contributed by atoms with Crippen LogP contribution in [0.3, 0.4) is 0 Å². The predicted octanol–water partition coefficient (Wildman–Crippen LogP) is 3.42. The smallest absolute Gasteiger partial charge is 0.213 e. The maximum absolute atomic E-state index is 5.92. The highest BCUT2D eigenvalue weighted by molar-refractivity contribution is 6.32. The topological polar surface area (TPSA) is 31.4 Å². The summed E-state index contributed by atoms with van der Waals surface area (Å²) in [5, 5.41) is 0.571. The molecule has 2 heterocycles. The number of rotatable bonds is 4. The van der Waals surface area contributed by atoms with Crippen LogP contribution in [-0.4, -0.2) is 24.3 Å². The van der Waals surface area contributed by atoms with Crippen LogP contribution in [-0.2, 0) is 10.6 Å². The molecule has 1 aromatic rings. The van der Waals surface area contributed by atoms with Gasteiger partial charge in [0.15, 0.2) is 0 Å². The van der Waals surface area contributed by atoms with Gasteiger partial charge >= 0.3 is 0 Å². The standard InChI is InChI=1S/C12H15Cl2NO2/c13-6-9-5-12(15-7-11(9)14)17-8-10-3-1-2-4-16-10/h5,7,10H,1-4,6,8H2. The molecule has 1 fully saturated rings. The number of halogens is 2. The fourth-order valence-electron chi connectivity index (χ4n) is 1.76. The molecule has 0 bridgehead atoms. The quantitative estimate of drug-likeness (QED) is 0.789. The monoisotopic (exact) mass is 275 g/mol. The second-order valence-corrected chi connectivity index (χ2v) is 4.72. The Labute approximate surface area is 111 Å². The summed E-state index contributed by atoms with van der Waals surface area (Å²) < 4.78 is 11.2. The van der Waals surface area contributed by atoms with Gasteiger partial charge in [0.25, 0.3) is 0 Å². The van der Waals surface area contributed by atoms with Crippen LogP contribution in [0.2, 0.25) is 5.02 Å². The molecule has 17 heavy (non-hydrogen) atoms. The van der Waals surface area contributed by atoms with Crippen LogP contribution in [0.5, 0.6) is 5.88 Å². The van der Waals surface area contributed by atoms with E-state index in [9.17, 15) is 0 Å². The van der Waals surface area contributed by atoms with Crippen LogP contribution in [0, 0.1) is 0 Å². The summed E-state index contributed by atoms with van der Waals surface area (Å²) in [7, 11) is 0. The zero-order valence-electron chi connectivity index (χ0n) is 9.49. The van der Waals surface area contributed by atoms with Gasteiger partial charge in [0.2, 0.25) is 5.88 Å². The molecule has 1 saturated heterocycles. The highest BCUT2D eigenvalue weighted by Crippen LogP contribution is 2.21. The zero-order chi connectivity index (χ0) is 12.1. The van der Waals surface area contributed by atoms with Crippen molar-refractivity contribution in [2.24, 2.45) is 0 Å². The summed E-state index contributed by atoms with van der Waals surface area (Å²) in [5.74, 6) is 0.914. The van der Waals surface area contributed by atoms with Crippen LogP contribution in [0.25, 0.3) is 0 Å². The lowest BCUT2D eigenvalue weighted by atomic mass is 10.1. The Kier molecular flexibility index (Phi) is 4.89. The van der Waals surface area contributed by atoms with Crippen molar-refractivity contribution in [1.29, 1.82) is 0 Å². The summed E-state index contributed by atoms with van der Waals surface area (Å²) in [6, 6.07) is 1.78. The summed E-state index contributed by atoms with van der Waals surface area (Å²) in [5.41, 5.74) is 0.836. The van der Waals surface area contributed by atoms with Crippen molar-refractivity contribution in [3.63, 3.8) is 0 Å². The second-order valence-electron chi connectivity index (χ2n) is 4.05. The Balaban J connectivity index is 1.89. The maximum atomic E-state index is 5.92. The van der Waals surface area contributed by atoms with Crippen molar-refractivity contribution in [2.75, 3.05) is 13.2 Å². The Morgan fingerprint density at radius 3 is 3.06 bits per heavy atom. The highest BCUT2D eigenvalue weighted by atomic mass is 35.5. The van der Waals surface area contributed by atoms with E-state index in [1.54, 1.807) is 12.3 Å². The third-order valence-electron chi connectivity index (χ3n) is 2.74. The Hall–Kier alpha value is -0.510. The van der Waals surface area contributed by atoms with Crippen LogP contribution >= 0.6 is 23.2 Å². The maximum Gasteiger partial charge on any atom is 0.213 e. The van der Waals surface area contributed by atoms with E-state index in [-0.39, 0.29) is 6.10 Å². The Morgan fingerprint density at radius 2 is 2.35 bits per heavy atom. The van der Waals surface area contributed by atoms with Gasteiger partial charge in [-0.15, -0.1) is 11.6 Å². The number of ether oxygens (including phenoxy) is 2. The zero-order valence-corrected chi connectivity index (χ0v) is 11.0. The van der Waals surface area contributed by atoms with E-state index in [0.29, 0.717) is 23.4 Å². The molecule has 2 rings (SSSR count). The molecule has 1 aliphatic heterocycles. The minimum Gasteiger partial charge on any atom is -0.475 e. The van der Waals surface area contributed by atoms with Gasteiger partial charge in [-0.1, -0.05) is 11.6 Å². The number of aromatic nitrogens is 1. The van der Waals surface area contributed by atoms with E-state index in [2.05, 4.69) is 4.98 Å². The van der Waals surface area contributed by atoms with E-state index in [1.165, 1.54) is 6.42 Å². The van der Waals surface area contributed by atoms with E-state index < -0.39 is 0 Å². The first kappa shape index (κ1) is 12.9. The molecule has 1 aromatic heterocycles. The number of alkyl halides is 1. The van der Waals surface area contributed by atoms with Crippen molar-refractivity contribution in [3.05, 3.63) is 22.8 Å². The lowest BCUT2D eigenvalue weighted by Gasteiger charge is -2.22. The average molecular weight is 276 g/mol. The van der Waals surface area contributed by atoms with Gasteiger partial charge in [0.05, 0.1) is 11.1 Å². The molecule has 0 aliphatic carbocycles. The molecular weight excluding hydrogens is 261 g/mol. The molecule has 1 unspecified atom stereocenters. The SMILES string of the molecule is ClCc1cc(OCC2CCCCO2)ncc1Cl. The van der Waals surface area contributed by atoms with Gasteiger partial charge in [-0.25, -0.2) is 4.98 Å². The van der Waals surface area contributed by atoms with Gasteiger partial charge in [0, 0.05) is 24.8 Å². The number of hydrogen-bond donors (Lipinski definition) is 0. The third kappa shape index (κ3) is 3.73. The molecule has 0 saturated carbocycles. The van der Waals surface area contributed by atoms with E-state index >= 15 is 0 Å². The molecule has 1 atom stereocenters. The third-order valence-corrected chi connectivity index (χ3v) is 3.37. The number of pyridine rings is 1. The van der Waals surface area contributed by atoms with Crippen molar-refractivity contribution in [3.8, 4) is 5.88 Å². The van der Waals surface area contributed by atoms with E-state index in [4.69, 9.17) is 32.7 Å². The van der Waals surface area contributed by atoms with Crippen LogP contribution < -0.4 is 4.74 Å². The van der Waals surface area contributed by atoms with Gasteiger partial charge in [-0.05, 0) is 24.8 Å². The van der Waals surface area contributed by atoms with Crippen LogP contribution in [0.4, 0.5) is 0 Å². The molecule has 0 spiro atoms. The lowest BCUT2D eigenvalue weighted by Crippen LogP contribution is -2.26. The summed E-state index contributed by atoms with van der Waals surface area (Å²) in [6.07, 6.45) is 5.15. The van der Waals surface area contributed by atoms with Gasteiger partial charge < -0.3 is 9.47 Å². The molecule has 94 valence electrons. The minimum absolute atomic E-state index is 0.181. The van der Waals surface area contributed by atoms with Crippen molar-refractivity contribution in [2.45, 2.75) is 31.2 Å². The fourth-order valence-corrected chi connectivity index (χ4v) is 2.22. The second kappa shape index (κ2) is 6.43. The summed E-state index contributed by atoms with van der Waals surface area (Å²) in [4.78, 5) is 4.10. The van der Waals surface area contributed by atoms with Crippen LogP contribution in [0.1, 0.15) is 24.8 Å². The highest BCUT2D eigenvalue weighted by Gasteiger charge is 2.14. The van der Waals surface area contributed by atoms with Crippen LogP contribution in [0.15, 0.2) is 12.3 Å². The van der Waals surface area contributed by atoms with Gasteiger partial charge in [0.1, 0.15) is 6.61 Å². The van der Waals surface area contributed by atoms with Gasteiger partial charge in [-0.3, -0.25) is 0 Å². The van der Waals surface area contributed by atoms with Crippen molar-refractivity contribution < 1.29 is 9.47 Å². The van der Waals surface area contributed by atoms with Crippen molar-refractivity contribution in [1.82, 2.24) is 4.98 Å². The van der Waals surface area contributed by atoms with Gasteiger partial charge in [-0.2, -0.15) is 0 Å². The van der Waals surface area contributed by atoms with E-state index in [0.717, 1.165) is 25.0 Å². The first-order valence-electron chi connectivity index (χ1n) is 5.74. The largest absolute Gasteiger partial charge is 0.475 e. The predicted molar refractivity (Wildman–Crippen MR) is 67.9 cm³/mol. The Bertz CT molecular complexity index is 368. The molecule has 0 amide bonds. The average Bonchev–Trinajstić information content (AvgIpc) is 2.39. The fraction of sp³-hybridized carbons (Fsp3) is 0.583. The first-order valence-corrected chi connectivity index (χ1v) is 6.65. The lowest BCUT2D eigenvalue weighted by molar-refractivity contribution is -0.0119. The minimum atomic E-state index is 0.181. The summed E-state index contributed by atoms with van der Waals surface area (Å²) in [6.45, 7) is 1.37. The molecule has 5 heteroatoms. The molecule has 0 aromatic carbocycles. The Morgan fingerprint density at radius 1 is 1.47 bits per heavy atom.